The molecule has 0 heterocycles. The van der Waals surface area contributed by atoms with Crippen LogP contribution in [-0.4, -0.2) is 54.3 Å². The van der Waals surface area contributed by atoms with Crippen molar-refractivity contribution in [2.24, 2.45) is 0 Å². The third-order valence-electron chi connectivity index (χ3n) is 6.88. The second-order valence-electron chi connectivity index (χ2n) is 11.1. The zero-order valence-electron chi connectivity index (χ0n) is 27.1. The number of hydrogen-bond donors (Lipinski definition) is 3. The zero-order chi connectivity index (χ0) is 31.9. The molecule has 0 aromatic rings. The molecule has 0 aliphatic carbocycles. The summed E-state index contributed by atoms with van der Waals surface area (Å²) in [5, 5.41) is 12.5. The molecule has 3 N–H and O–H groups in total. The fourth-order valence-electron chi connectivity index (χ4n) is 4.29. The van der Waals surface area contributed by atoms with Crippen molar-refractivity contribution in [3.63, 3.8) is 0 Å². The van der Waals surface area contributed by atoms with E-state index >= 15 is 0 Å². The predicted molar refractivity (Wildman–Crippen MR) is 174 cm³/mol. The van der Waals surface area contributed by atoms with Gasteiger partial charge in [0.15, 0.2) is 0 Å². The van der Waals surface area contributed by atoms with Crippen LogP contribution in [0.3, 0.4) is 0 Å². The van der Waals surface area contributed by atoms with Crippen LogP contribution >= 0.6 is 7.82 Å². The maximum absolute atomic E-state index is 11.9. The van der Waals surface area contributed by atoms with Gasteiger partial charge in [0.1, 0.15) is 12.7 Å². The normalized spacial score (nSPS) is 13.9. The molecule has 0 spiro atoms. The molecule has 252 valence electrons. The van der Waals surface area contributed by atoms with Gasteiger partial charge in [-0.2, -0.15) is 0 Å². The zero-order valence-corrected chi connectivity index (χ0v) is 28.0. The average Bonchev–Trinajstić information content (AvgIpc) is 2.98. The minimum absolute atomic E-state index is 0.0804. The number of unbranched alkanes of at least 4 members (excludes halogenated alkanes) is 14. The number of carbonyl (C=O) groups is 2. The van der Waals surface area contributed by atoms with E-state index in [1.807, 2.05) is 0 Å². The van der Waals surface area contributed by atoms with Crippen LogP contribution in [0, 0.1) is 0 Å². The summed E-state index contributed by atoms with van der Waals surface area (Å²) in [6, 6.07) is 0. The number of phosphoric ester groups is 1. The quantitative estimate of drug-likeness (QED) is 0.0303. The maximum atomic E-state index is 11.9. The highest BCUT2D eigenvalue weighted by Crippen LogP contribution is 2.42. The molecule has 1 amide bonds. The highest BCUT2D eigenvalue weighted by Gasteiger charge is 2.23. The number of ether oxygens (including phenoxy) is 1. The second-order valence-corrected chi connectivity index (χ2v) is 12.6. The number of phosphoric acid groups is 1. The first-order chi connectivity index (χ1) is 20.8. The van der Waals surface area contributed by atoms with Gasteiger partial charge in [0.25, 0.3) is 0 Å². The lowest BCUT2D eigenvalue weighted by Gasteiger charge is -2.15. The van der Waals surface area contributed by atoms with Crippen molar-refractivity contribution in [2.45, 2.75) is 148 Å². The van der Waals surface area contributed by atoms with Crippen LogP contribution in [0.2, 0.25) is 0 Å². The van der Waals surface area contributed by atoms with Crippen LogP contribution in [0.5, 0.6) is 0 Å². The van der Waals surface area contributed by atoms with Gasteiger partial charge in [-0.25, -0.2) is 4.57 Å². The van der Waals surface area contributed by atoms with Crippen LogP contribution in [-0.2, 0) is 27.9 Å². The first kappa shape index (κ1) is 41.5. The molecule has 0 aliphatic heterocycles. The van der Waals surface area contributed by atoms with E-state index in [2.05, 4.69) is 43.5 Å². The monoisotopic (exact) mass is 631 g/mol. The van der Waals surface area contributed by atoms with E-state index in [0.29, 0.717) is 6.42 Å². The van der Waals surface area contributed by atoms with Crippen molar-refractivity contribution in [2.75, 3.05) is 26.4 Å². The Kier molecular flexibility index (Phi) is 29.4. The van der Waals surface area contributed by atoms with Gasteiger partial charge in [-0.15, -0.1) is 0 Å². The average molecular weight is 632 g/mol. The highest BCUT2D eigenvalue weighted by atomic mass is 31.2. The fraction of sp³-hybridized carbons (Fsp3) is 0.818. The summed E-state index contributed by atoms with van der Waals surface area (Å²) >= 11 is 0. The number of allylic oxidation sites excluding steroid dienone is 4. The Bertz CT molecular complexity index is 774. The molecule has 0 fully saturated rings. The number of aliphatic hydroxyl groups is 1. The standard InChI is InChI=1S/C33H62NO8P/c1-3-5-7-9-10-11-12-13-14-15-16-17-18-19-20-22-24-26-33(37)40-29-31(35)30-42-43(38,39)41-28-27-34-32(36)25-23-21-8-6-4-2/h10-11,13-14,31,35H,3-9,12,15-30H2,1-2H3,(H,34,36)(H,38,39)/b11-10-,14-13-. The summed E-state index contributed by atoms with van der Waals surface area (Å²) in [4.78, 5) is 33.4. The molecular formula is C33H62NO8P. The molecule has 0 bridgehead atoms. The largest absolute Gasteiger partial charge is 0.472 e. The summed E-state index contributed by atoms with van der Waals surface area (Å²) in [6.45, 7) is 3.40. The first-order valence-corrected chi connectivity index (χ1v) is 18.3. The Labute approximate surface area is 261 Å². The topological polar surface area (TPSA) is 131 Å². The lowest BCUT2D eigenvalue weighted by Crippen LogP contribution is -2.27. The summed E-state index contributed by atoms with van der Waals surface area (Å²) in [6.07, 6.45) is 28.6. The Morgan fingerprint density at radius 3 is 1.91 bits per heavy atom. The number of amides is 1. The Balaban J connectivity index is 3.63. The highest BCUT2D eigenvalue weighted by molar-refractivity contribution is 7.47. The first-order valence-electron chi connectivity index (χ1n) is 16.8. The molecule has 0 rings (SSSR count). The molecule has 2 unspecified atom stereocenters. The van der Waals surface area contributed by atoms with E-state index in [4.69, 9.17) is 13.8 Å². The number of nitrogens with one attached hydrogen (secondary N) is 1. The third-order valence-corrected chi connectivity index (χ3v) is 7.87. The van der Waals surface area contributed by atoms with Gasteiger partial charge in [-0.05, 0) is 44.9 Å². The van der Waals surface area contributed by atoms with Gasteiger partial charge in [0.2, 0.25) is 5.91 Å². The predicted octanol–water partition coefficient (Wildman–Crippen LogP) is 8.09. The van der Waals surface area contributed by atoms with E-state index in [1.165, 1.54) is 44.9 Å². The molecule has 9 nitrogen and oxygen atoms in total. The van der Waals surface area contributed by atoms with Gasteiger partial charge < -0.3 is 20.1 Å². The molecule has 43 heavy (non-hydrogen) atoms. The second kappa shape index (κ2) is 30.5. The summed E-state index contributed by atoms with van der Waals surface area (Å²) < 4.78 is 26.5. The lowest BCUT2D eigenvalue weighted by molar-refractivity contribution is -0.147. The van der Waals surface area contributed by atoms with Crippen molar-refractivity contribution in [1.29, 1.82) is 0 Å². The van der Waals surface area contributed by atoms with E-state index in [9.17, 15) is 24.2 Å². The van der Waals surface area contributed by atoms with Crippen LogP contribution in [0.25, 0.3) is 0 Å². The SMILES string of the molecule is CCCCC/C=C\C/C=C\CCCCCCCCCC(=O)OCC(O)COP(=O)(O)OCCNC(=O)CCCCCCC. The minimum Gasteiger partial charge on any atom is -0.463 e. The van der Waals surface area contributed by atoms with Crippen LogP contribution in [0.1, 0.15) is 142 Å². The fourth-order valence-corrected chi connectivity index (χ4v) is 5.05. The van der Waals surface area contributed by atoms with E-state index in [-0.39, 0.29) is 32.1 Å². The lowest BCUT2D eigenvalue weighted by atomic mass is 10.1. The van der Waals surface area contributed by atoms with Crippen LogP contribution < -0.4 is 5.32 Å². The summed E-state index contributed by atoms with van der Waals surface area (Å²) in [5.74, 6) is -0.539. The molecule has 0 saturated heterocycles. The van der Waals surface area contributed by atoms with Crippen molar-refractivity contribution in [1.82, 2.24) is 5.32 Å². The smallest absolute Gasteiger partial charge is 0.463 e. The molecule has 0 aromatic heterocycles. The van der Waals surface area contributed by atoms with E-state index in [1.54, 1.807) is 0 Å². The number of aliphatic hydroxyl groups excluding tert-OH is 1. The van der Waals surface area contributed by atoms with Gasteiger partial charge >= 0.3 is 13.8 Å². The number of carbonyl (C=O) groups excluding carboxylic acids is 2. The molecular weight excluding hydrogens is 569 g/mol. The van der Waals surface area contributed by atoms with Crippen molar-refractivity contribution >= 4 is 19.7 Å². The van der Waals surface area contributed by atoms with E-state index in [0.717, 1.165) is 70.6 Å². The molecule has 0 radical (unpaired) electrons. The van der Waals surface area contributed by atoms with E-state index < -0.39 is 26.5 Å². The minimum atomic E-state index is -4.39. The molecule has 0 saturated carbocycles. The van der Waals surface area contributed by atoms with Gasteiger partial charge in [0, 0.05) is 19.4 Å². The van der Waals surface area contributed by atoms with Crippen LogP contribution in [0.15, 0.2) is 24.3 Å². The number of rotatable bonds is 31. The molecule has 2 atom stereocenters. The number of hydrogen-bond acceptors (Lipinski definition) is 7. The van der Waals surface area contributed by atoms with Crippen molar-refractivity contribution < 1.29 is 37.9 Å². The third kappa shape index (κ3) is 31.7. The Hall–Kier alpha value is -1.51. The Morgan fingerprint density at radius 2 is 1.26 bits per heavy atom. The van der Waals surface area contributed by atoms with Crippen molar-refractivity contribution in [3.8, 4) is 0 Å². The van der Waals surface area contributed by atoms with Crippen LogP contribution in [0.4, 0.5) is 0 Å². The maximum Gasteiger partial charge on any atom is 0.472 e. The Morgan fingerprint density at radius 1 is 0.721 bits per heavy atom. The van der Waals surface area contributed by atoms with Gasteiger partial charge in [-0.3, -0.25) is 18.6 Å². The van der Waals surface area contributed by atoms with Gasteiger partial charge in [-0.1, -0.05) is 109 Å². The molecule has 0 aromatic carbocycles. The summed E-state index contributed by atoms with van der Waals surface area (Å²) in [5.41, 5.74) is 0. The number of esters is 1. The van der Waals surface area contributed by atoms with Gasteiger partial charge in [0.05, 0.1) is 13.2 Å². The molecule has 0 aliphatic rings. The van der Waals surface area contributed by atoms with Crippen molar-refractivity contribution in [3.05, 3.63) is 24.3 Å². The summed E-state index contributed by atoms with van der Waals surface area (Å²) in [7, 11) is -4.39. The molecule has 10 heteroatoms.